The molecule has 0 bridgehead atoms. The first-order chi connectivity index (χ1) is 8.54. The second-order valence-corrected chi connectivity index (χ2v) is 4.73. The summed E-state index contributed by atoms with van der Waals surface area (Å²) in [5, 5.41) is 18.2. The van der Waals surface area contributed by atoms with Crippen LogP contribution in [-0.4, -0.2) is 40.4 Å². The molecule has 0 spiro atoms. The molecule has 0 saturated carbocycles. The summed E-state index contributed by atoms with van der Waals surface area (Å²) in [6.45, 7) is 1.62. The fraction of sp³-hybridized carbons (Fsp3) is 0.615. The Balaban J connectivity index is 2.79. The van der Waals surface area contributed by atoms with Crippen molar-refractivity contribution in [1.29, 1.82) is 0 Å². The maximum absolute atomic E-state index is 11.4. The van der Waals surface area contributed by atoms with Crippen LogP contribution in [0, 0.1) is 0 Å². The zero-order chi connectivity index (χ0) is 13.5. The fourth-order valence-corrected chi connectivity index (χ4v) is 1.84. The molecule has 1 aromatic rings. The second-order valence-electron chi connectivity index (χ2n) is 4.73. The zero-order valence-corrected chi connectivity index (χ0v) is 11.1. The van der Waals surface area contributed by atoms with Gasteiger partial charge in [0.25, 0.3) is 0 Å². The van der Waals surface area contributed by atoms with E-state index in [9.17, 15) is 9.90 Å². The average molecular weight is 254 g/mol. The number of hydrogen-bond donors (Lipinski definition) is 2. The van der Waals surface area contributed by atoms with E-state index < -0.39 is 0 Å². The Bertz CT molecular complexity index is 427. The van der Waals surface area contributed by atoms with Crippen LogP contribution in [0.5, 0.6) is 5.75 Å². The maximum Gasteiger partial charge on any atom is 0.223 e. The van der Waals surface area contributed by atoms with E-state index in [1.54, 1.807) is 0 Å². The molecule has 0 aliphatic heterocycles. The van der Waals surface area contributed by atoms with Gasteiger partial charge in [0.05, 0.1) is 6.20 Å². The van der Waals surface area contributed by atoms with Gasteiger partial charge in [-0.15, -0.1) is 0 Å². The van der Waals surface area contributed by atoms with Gasteiger partial charge in [-0.25, -0.2) is 0 Å². The molecule has 0 saturated heterocycles. The first kappa shape index (κ1) is 14.7. The van der Waals surface area contributed by atoms with Crippen molar-refractivity contribution in [2.45, 2.75) is 32.4 Å². The van der Waals surface area contributed by atoms with Crippen molar-refractivity contribution in [3.63, 3.8) is 0 Å². The largest absolute Gasteiger partial charge is 0.503 e. The predicted octanol–water partition coefficient (Wildman–Crippen LogP) is 0.778. The van der Waals surface area contributed by atoms with Crippen LogP contribution in [0.3, 0.4) is 0 Å². The molecule has 102 valence electrons. The van der Waals surface area contributed by atoms with E-state index in [1.807, 2.05) is 23.6 Å². The second kappa shape index (κ2) is 7.18. The number of pyridine rings is 1. The fourth-order valence-electron chi connectivity index (χ4n) is 1.84. The Morgan fingerprint density at radius 1 is 1.28 bits per heavy atom. The number of hydrogen-bond acceptors (Lipinski definition) is 4. The molecule has 2 N–H and O–H groups in total. The highest BCUT2D eigenvalue weighted by Gasteiger charge is 2.06. The zero-order valence-electron chi connectivity index (χ0n) is 11.1. The summed E-state index contributed by atoms with van der Waals surface area (Å²) in [7, 11) is 3.88. The molecule has 0 aliphatic rings. The van der Waals surface area contributed by atoms with Gasteiger partial charge in [-0.2, -0.15) is 0 Å². The summed E-state index contributed by atoms with van der Waals surface area (Å²) in [4.78, 5) is 13.4. The molecule has 0 aromatic carbocycles. The van der Waals surface area contributed by atoms with Crippen LogP contribution < -0.4 is 5.43 Å². The first-order valence-corrected chi connectivity index (χ1v) is 6.22. The Morgan fingerprint density at radius 3 is 2.61 bits per heavy atom. The molecular formula is C13H22N2O3. The number of nitrogens with zero attached hydrogens (tertiary/aromatic N) is 2. The van der Waals surface area contributed by atoms with Gasteiger partial charge in [0, 0.05) is 31.5 Å². The molecule has 0 unspecified atom stereocenters. The van der Waals surface area contributed by atoms with Crippen LogP contribution >= 0.6 is 0 Å². The summed E-state index contributed by atoms with van der Waals surface area (Å²) >= 11 is 0. The third-order valence-electron chi connectivity index (χ3n) is 2.73. The molecule has 1 aromatic heterocycles. The number of aliphatic hydroxyl groups excluding tert-OH is 1. The van der Waals surface area contributed by atoms with E-state index in [0.717, 1.165) is 31.5 Å². The summed E-state index contributed by atoms with van der Waals surface area (Å²) < 4.78 is 1.91. The minimum atomic E-state index is -0.335. The minimum Gasteiger partial charge on any atom is -0.503 e. The normalized spacial score (nSPS) is 11.1. The summed E-state index contributed by atoms with van der Waals surface area (Å²) in [6, 6.07) is 1.49. The molecule has 5 nitrogen and oxygen atoms in total. The number of unbranched alkanes of at least 4 members (excludes halogenated alkanes) is 2. The Hall–Kier alpha value is -1.33. The molecule has 0 radical (unpaired) electrons. The highest BCUT2D eigenvalue weighted by atomic mass is 16.3. The van der Waals surface area contributed by atoms with E-state index in [2.05, 4.69) is 0 Å². The number of rotatable bonds is 7. The van der Waals surface area contributed by atoms with Crippen LogP contribution in [0.4, 0.5) is 0 Å². The lowest BCUT2D eigenvalue weighted by atomic mass is 10.2. The van der Waals surface area contributed by atoms with E-state index in [-0.39, 0.29) is 17.8 Å². The Kier molecular flexibility index (Phi) is 5.88. The lowest BCUT2D eigenvalue weighted by Crippen LogP contribution is -2.19. The van der Waals surface area contributed by atoms with E-state index in [0.29, 0.717) is 6.54 Å². The summed E-state index contributed by atoms with van der Waals surface area (Å²) in [5.41, 5.74) is 0.560. The highest BCUT2D eigenvalue weighted by Crippen LogP contribution is 2.09. The van der Waals surface area contributed by atoms with Crippen LogP contribution in [-0.2, 0) is 13.1 Å². The predicted molar refractivity (Wildman–Crippen MR) is 70.7 cm³/mol. The van der Waals surface area contributed by atoms with Crippen LogP contribution in [0.2, 0.25) is 0 Å². The van der Waals surface area contributed by atoms with Crippen molar-refractivity contribution in [2.24, 2.45) is 0 Å². The van der Waals surface area contributed by atoms with Crippen molar-refractivity contribution < 1.29 is 10.2 Å². The third-order valence-corrected chi connectivity index (χ3v) is 2.73. The van der Waals surface area contributed by atoms with Crippen LogP contribution in [0.15, 0.2) is 17.1 Å². The van der Waals surface area contributed by atoms with Gasteiger partial charge in [0.1, 0.15) is 0 Å². The van der Waals surface area contributed by atoms with Crippen molar-refractivity contribution in [1.82, 2.24) is 9.47 Å². The summed E-state index contributed by atoms with van der Waals surface area (Å²) in [6.07, 6.45) is 4.14. The first-order valence-electron chi connectivity index (χ1n) is 6.22. The van der Waals surface area contributed by atoms with Gasteiger partial charge in [-0.1, -0.05) is 0 Å². The standard InChI is InChI=1S/C13H22N2O3/c1-14(2)9-11-8-12(17)13(18)10-15(11)6-4-3-5-7-16/h8,10,16,18H,3-7,9H2,1-2H3. The van der Waals surface area contributed by atoms with E-state index >= 15 is 0 Å². The molecule has 0 fully saturated rings. The third kappa shape index (κ3) is 4.50. The summed E-state index contributed by atoms with van der Waals surface area (Å²) in [5.74, 6) is -0.209. The quantitative estimate of drug-likeness (QED) is 0.706. The van der Waals surface area contributed by atoms with Crippen molar-refractivity contribution in [3.8, 4) is 5.75 Å². The lowest BCUT2D eigenvalue weighted by Gasteiger charge is -2.17. The van der Waals surface area contributed by atoms with Crippen LogP contribution in [0.1, 0.15) is 25.0 Å². The van der Waals surface area contributed by atoms with Gasteiger partial charge in [0.15, 0.2) is 5.75 Å². The Morgan fingerprint density at radius 2 is 2.00 bits per heavy atom. The Labute approximate surface area is 107 Å². The lowest BCUT2D eigenvalue weighted by molar-refractivity contribution is 0.281. The maximum atomic E-state index is 11.4. The SMILES string of the molecule is CN(C)Cc1cc(=O)c(O)cn1CCCCCO. The van der Waals surface area contributed by atoms with Crippen molar-refractivity contribution in [3.05, 3.63) is 28.2 Å². The van der Waals surface area contributed by atoms with Gasteiger partial charge in [0.2, 0.25) is 5.43 Å². The minimum absolute atomic E-state index is 0.208. The van der Waals surface area contributed by atoms with E-state index in [4.69, 9.17) is 5.11 Å². The molecule has 0 atom stereocenters. The highest BCUT2D eigenvalue weighted by molar-refractivity contribution is 5.20. The van der Waals surface area contributed by atoms with Crippen LogP contribution in [0.25, 0.3) is 0 Å². The van der Waals surface area contributed by atoms with Gasteiger partial charge in [-0.3, -0.25) is 4.79 Å². The molecule has 0 amide bonds. The molecule has 5 heteroatoms. The molecule has 18 heavy (non-hydrogen) atoms. The van der Waals surface area contributed by atoms with Crippen molar-refractivity contribution >= 4 is 0 Å². The van der Waals surface area contributed by atoms with Gasteiger partial charge >= 0.3 is 0 Å². The topological polar surface area (TPSA) is 65.7 Å². The average Bonchev–Trinajstić information content (AvgIpc) is 2.30. The smallest absolute Gasteiger partial charge is 0.223 e. The molecule has 1 rings (SSSR count). The molecule has 0 aliphatic carbocycles. The van der Waals surface area contributed by atoms with Crippen molar-refractivity contribution in [2.75, 3.05) is 20.7 Å². The molecular weight excluding hydrogens is 232 g/mol. The van der Waals surface area contributed by atoms with Gasteiger partial charge < -0.3 is 19.7 Å². The van der Waals surface area contributed by atoms with E-state index in [1.165, 1.54) is 12.3 Å². The van der Waals surface area contributed by atoms with Gasteiger partial charge in [-0.05, 0) is 33.4 Å². The molecule has 1 heterocycles. The number of aromatic nitrogens is 1. The number of aliphatic hydroxyl groups is 1. The number of aryl methyl sites for hydroxylation is 1. The monoisotopic (exact) mass is 254 g/mol. The number of aromatic hydroxyl groups is 1.